The molecular weight excluding hydrogens is 247 g/mol. The number of amides is 1. The fourth-order valence-electron chi connectivity index (χ4n) is 1.73. The predicted octanol–water partition coefficient (Wildman–Crippen LogP) is 1.96. The summed E-state index contributed by atoms with van der Waals surface area (Å²) in [5.41, 5.74) is 0.822. The van der Waals surface area contributed by atoms with E-state index in [-0.39, 0.29) is 17.8 Å². The van der Waals surface area contributed by atoms with Crippen molar-refractivity contribution in [2.45, 2.75) is 26.0 Å². The summed E-state index contributed by atoms with van der Waals surface area (Å²) in [6, 6.07) is 4.37. The lowest BCUT2D eigenvalue weighted by Crippen LogP contribution is -2.35. The molecule has 1 aromatic carbocycles. The molecule has 0 fully saturated rings. The molecule has 2 unspecified atom stereocenters. The van der Waals surface area contributed by atoms with E-state index in [1.54, 1.807) is 27.1 Å². The zero-order valence-corrected chi connectivity index (χ0v) is 12.0. The highest BCUT2D eigenvalue weighted by Gasteiger charge is 2.19. The second-order valence-corrected chi connectivity index (χ2v) is 4.69. The Morgan fingerprint density at radius 2 is 2.00 bits per heavy atom. The second-order valence-electron chi connectivity index (χ2n) is 4.69. The first kappa shape index (κ1) is 15.4. The smallest absolute Gasteiger partial charge is 0.262 e. The molecule has 0 heterocycles. The van der Waals surface area contributed by atoms with Crippen LogP contribution in [-0.2, 0) is 4.79 Å². The van der Waals surface area contributed by atoms with Crippen molar-refractivity contribution in [3.8, 4) is 5.75 Å². The van der Waals surface area contributed by atoms with Gasteiger partial charge < -0.3 is 15.0 Å². The van der Waals surface area contributed by atoms with Gasteiger partial charge in [0.2, 0.25) is 0 Å². The predicted molar refractivity (Wildman–Crippen MR) is 72.7 cm³/mol. The molecule has 0 spiro atoms. The highest BCUT2D eigenvalue weighted by molar-refractivity contribution is 5.80. The Labute approximate surface area is 113 Å². The van der Waals surface area contributed by atoms with Crippen LogP contribution < -0.4 is 10.1 Å². The van der Waals surface area contributed by atoms with Gasteiger partial charge in [-0.05, 0) is 27.0 Å². The molecule has 1 rings (SSSR count). The summed E-state index contributed by atoms with van der Waals surface area (Å²) in [7, 11) is 5.13. The van der Waals surface area contributed by atoms with E-state index >= 15 is 0 Å². The summed E-state index contributed by atoms with van der Waals surface area (Å²) in [4.78, 5) is 13.2. The maximum absolute atomic E-state index is 13.3. The summed E-state index contributed by atoms with van der Waals surface area (Å²) in [6.45, 7) is 3.60. The topological polar surface area (TPSA) is 41.6 Å². The van der Waals surface area contributed by atoms with Gasteiger partial charge in [-0.15, -0.1) is 0 Å². The number of nitrogens with zero attached hydrogens (tertiary/aromatic N) is 1. The minimum absolute atomic E-state index is 0.0114. The molecule has 0 aliphatic heterocycles. The van der Waals surface area contributed by atoms with Crippen molar-refractivity contribution in [2.75, 3.05) is 21.1 Å². The first-order chi connectivity index (χ1) is 8.86. The van der Waals surface area contributed by atoms with Crippen molar-refractivity contribution < 1.29 is 13.9 Å². The van der Waals surface area contributed by atoms with Gasteiger partial charge in [-0.3, -0.25) is 4.79 Å². The standard InChI is InChI=1S/C14H21FN2O2/c1-9(16-3)12-7-6-11(15)8-13(12)19-10(2)14(18)17(4)5/h6-10,16H,1-5H3. The summed E-state index contributed by atoms with van der Waals surface area (Å²) in [5, 5.41) is 3.07. The third-order valence-corrected chi connectivity index (χ3v) is 2.97. The van der Waals surface area contributed by atoms with Crippen LogP contribution in [0.15, 0.2) is 18.2 Å². The van der Waals surface area contributed by atoms with E-state index in [0.717, 1.165) is 5.56 Å². The van der Waals surface area contributed by atoms with Gasteiger partial charge in [0.25, 0.3) is 5.91 Å². The minimum Gasteiger partial charge on any atom is -0.480 e. The van der Waals surface area contributed by atoms with Gasteiger partial charge in [-0.1, -0.05) is 6.07 Å². The largest absolute Gasteiger partial charge is 0.480 e. The molecule has 0 aliphatic carbocycles. The van der Waals surface area contributed by atoms with Gasteiger partial charge in [0.15, 0.2) is 6.10 Å². The van der Waals surface area contributed by atoms with Crippen LogP contribution in [0.25, 0.3) is 0 Å². The fraction of sp³-hybridized carbons (Fsp3) is 0.500. The molecule has 0 aliphatic rings. The SMILES string of the molecule is CNC(C)c1ccc(F)cc1OC(C)C(=O)N(C)C. The molecule has 0 saturated carbocycles. The Hall–Kier alpha value is -1.62. The Morgan fingerprint density at radius 1 is 1.37 bits per heavy atom. The maximum atomic E-state index is 13.3. The molecule has 1 N–H and O–H groups in total. The van der Waals surface area contributed by atoms with Crippen molar-refractivity contribution >= 4 is 5.91 Å². The van der Waals surface area contributed by atoms with Gasteiger partial charge in [0.1, 0.15) is 11.6 Å². The van der Waals surface area contributed by atoms with Gasteiger partial charge in [0.05, 0.1) is 0 Å². The zero-order chi connectivity index (χ0) is 14.6. The summed E-state index contributed by atoms with van der Waals surface area (Å²) in [5.74, 6) is -0.150. The van der Waals surface area contributed by atoms with E-state index in [4.69, 9.17) is 4.74 Å². The van der Waals surface area contributed by atoms with Gasteiger partial charge >= 0.3 is 0 Å². The van der Waals surface area contributed by atoms with E-state index < -0.39 is 6.10 Å². The normalized spacial score (nSPS) is 13.8. The number of likely N-dealkylation sites (N-methyl/N-ethyl adjacent to an activating group) is 1. The number of nitrogens with one attached hydrogen (secondary N) is 1. The van der Waals surface area contributed by atoms with Crippen LogP contribution in [0.1, 0.15) is 25.5 Å². The molecule has 1 amide bonds. The van der Waals surface area contributed by atoms with Gasteiger partial charge in [-0.2, -0.15) is 0 Å². The van der Waals surface area contributed by atoms with Crippen LogP contribution in [0.2, 0.25) is 0 Å². The lowest BCUT2D eigenvalue weighted by atomic mass is 10.1. The number of carbonyl (C=O) groups excluding carboxylic acids is 1. The average Bonchev–Trinajstić information content (AvgIpc) is 2.36. The third kappa shape index (κ3) is 3.92. The fourth-order valence-corrected chi connectivity index (χ4v) is 1.73. The van der Waals surface area contributed by atoms with Crippen LogP contribution in [0.4, 0.5) is 4.39 Å². The third-order valence-electron chi connectivity index (χ3n) is 2.97. The molecule has 0 bridgehead atoms. The Kier molecular flexibility index (Phi) is 5.30. The molecule has 106 valence electrons. The molecule has 4 nitrogen and oxygen atoms in total. The number of benzene rings is 1. The average molecular weight is 268 g/mol. The van der Waals surface area contributed by atoms with Gasteiger partial charge in [-0.25, -0.2) is 4.39 Å². The summed E-state index contributed by atoms with van der Waals surface area (Å²) in [6.07, 6.45) is -0.653. The number of hydrogen-bond acceptors (Lipinski definition) is 3. The molecule has 1 aromatic rings. The van der Waals surface area contributed by atoms with Crippen molar-refractivity contribution in [1.29, 1.82) is 0 Å². The Bertz CT molecular complexity index is 449. The number of hydrogen-bond donors (Lipinski definition) is 1. The molecule has 0 saturated heterocycles. The van der Waals surface area contributed by atoms with E-state index in [9.17, 15) is 9.18 Å². The lowest BCUT2D eigenvalue weighted by molar-refractivity contribution is -0.135. The van der Waals surface area contributed by atoms with E-state index in [0.29, 0.717) is 5.75 Å². The van der Waals surface area contributed by atoms with Crippen LogP contribution in [0.5, 0.6) is 5.75 Å². The summed E-state index contributed by atoms with van der Waals surface area (Å²) >= 11 is 0. The maximum Gasteiger partial charge on any atom is 0.262 e. The second kappa shape index (κ2) is 6.52. The molecule has 2 atom stereocenters. The number of carbonyl (C=O) groups is 1. The Balaban J connectivity index is 2.99. The molecule has 5 heteroatoms. The molecular formula is C14H21FN2O2. The number of halogens is 1. The minimum atomic E-state index is -0.653. The first-order valence-electron chi connectivity index (χ1n) is 6.21. The van der Waals surface area contributed by atoms with Crippen molar-refractivity contribution in [2.24, 2.45) is 0 Å². The van der Waals surface area contributed by atoms with Crippen molar-refractivity contribution in [1.82, 2.24) is 10.2 Å². The summed E-state index contributed by atoms with van der Waals surface area (Å²) < 4.78 is 18.9. The van der Waals surface area contributed by atoms with Crippen LogP contribution >= 0.6 is 0 Å². The Morgan fingerprint density at radius 3 is 2.53 bits per heavy atom. The monoisotopic (exact) mass is 268 g/mol. The number of rotatable bonds is 5. The van der Waals surface area contributed by atoms with Crippen LogP contribution in [0.3, 0.4) is 0 Å². The van der Waals surface area contributed by atoms with Gasteiger partial charge in [0, 0.05) is 31.8 Å². The van der Waals surface area contributed by atoms with Crippen LogP contribution in [0, 0.1) is 5.82 Å². The van der Waals surface area contributed by atoms with E-state index in [1.807, 2.05) is 14.0 Å². The van der Waals surface area contributed by atoms with Crippen LogP contribution in [-0.4, -0.2) is 38.1 Å². The highest BCUT2D eigenvalue weighted by atomic mass is 19.1. The van der Waals surface area contributed by atoms with E-state index in [1.165, 1.54) is 17.0 Å². The molecule has 0 aromatic heterocycles. The quantitative estimate of drug-likeness (QED) is 0.887. The van der Waals surface area contributed by atoms with E-state index in [2.05, 4.69) is 5.32 Å². The molecule has 0 radical (unpaired) electrons. The van der Waals surface area contributed by atoms with Crippen molar-refractivity contribution in [3.63, 3.8) is 0 Å². The highest BCUT2D eigenvalue weighted by Crippen LogP contribution is 2.27. The first-order valence-corrected chi connectivity index (χ1v) is 6.21. The molecule has 19 heavy (non-hydrogen) atoms. The number of ether oxygens (including phenoxy) is 1. The zero-order valence-electron chi connectivity index (χ0n) is 12.0. The van der Waals surface area contributed by atoms with Crippen molar-refractivity contribution in [3.05, 3.63) is 29.6 Å². The lowest BCUT2D eigenvalue weighted by Gasteiger charge is -2.22.